The molecule has 0 heterocycles. The van der Waals surface area contributed by atoms with Crippen LogP contribution in [0.25, 0.3) is 0 Å². The van der Waals surface area contributed by atoms with E-state index in [-0.39, 0.29) is 12.2 Å². The van der Waals surface area contributed by atoms with Crippen molar-refractivity contribution in [1.29, 1.82) is 0 Å². The lowest BCUT2D eigenvalue weighted by molar-refractivity contribution is 0.100. The van der Waals surface area contributed by atoms with Crippen LogP contribution in [0.1, 0.15) is 22.3 Å². The van der Waals surface area contributed by atoms with E-state index in [4.69, 9.17) is 16.3 Å². The van der Waals surface area contributed by atoms with Gasteiger partial charge < -0.3 is 4.74 Å². The van der Waals surface area contributed by atoms with Crippen LogP contribution >= 0.6 is 11.6 Å². The molecule has 3 rings (SSSR count). The van der Waals surface area contributed by atoms with Crippen molar-refractivity contribution in [3.05, 3.63) is 101 Å². The Morgan fingerprint density at radius 1 is 0.821 bits per heavy atom. The van der Waals surface area contributed by atoms with E-state index in [9.17, 15) is 9.59 Å². The molecule has 0 spiro atoms. The highest BCUT2D eigenvalue weighted by Gasteiger charge is 2.13. The van der Waals surface area contributed by atoms with Gasteiger partial charge in [0.1, 0.15) is 5.75 Å². The normalized spacial score (nSPS) is 11.0. The van der Waals surface area contributed by atoms with Gasteiger partial charge in [0.05, 0.1) is 12.1 Å². The Bertz CT molecular complexity index is 972. The summed E-state index contributed by atoms with van der Waals surface area (Å²) in [5.74, 6) is 0.256. The van der Waals surface area contributed by atoms with Crippen LogP contribution in [-0.4, -0.2) is 17.6 Å². The van der Waals surface area contributed by atoms with Gasteiger partial charge in [-0.3, -0.25) is 4.79 Å². The largest absolute Gasteiger partial charge is 0.433 e. The molecule has 140 valence electrons. The molecule has 3 aromatic carbocycles. The fraction of sp³-hybridized carbons (Fsp3) is 0.0455. The molecule has 3 aromatic rings. The second-order valence-corrected chi connectivity index (χ2v) is 6.28. The number of hydrogen-bond acceptors (Lipinski definition) is 4. The molecule has 1 amide bonds. The lowest BCUT2D eigenvalue weighted by Gasteiger charge is -2.08. The maximum Gasteiger partial charge on any atom is 0.433 e. The van der Waals surface area contributed by atoms with Gasteiger partial charge in [-0.05, 0) is 42.0 Å². The third-order valence-corrected chi connectivity index (χ3v) is 4.09. The number of carbonyl (C=O) groups is 2. The summed E-state index contributed by atoms with van der Waals surface area (Å²) in [6, 6.07) is 24.4. The average Bonchev–Trinajstić information content (AvgIpc) is 2.73. The number of ether oxygens (including phenoxy) is 1. The lowest BCUT2D eigenvalue weighted by atomic mass is 10.0. The van der Waals surface area contributed by atoms with Crippen LogP contribution in [0, 0.1) is 0 Å². The standard InChI is InChI=1S/C22H17ClN2O3/c23-18-13-11-17(12-14-18)21(26)15-20(16-7-3-1-4-8-16)24-25-22(27)28-19-9-5-2-6-10-19/h1-14H,15H2,(H,25,27)/b24-20+. The number of nitrogens with zero attached hydrogens (tertiary/aromatic N) is 1. The summed E-state index contributed by atoms with van der Waals surface area (Å²) in [4.78, 5) is 24.6. The Morgan fingerprint density at radius 2 is 1.43 bits per heavy atom. The zero-order chi connectivity index (χ0) is 19.8. The van der Waals surface area contributed by atoms with E-state index in [1.807, 2.05) is 36.4 Å². The predicted molar refractivity (Wildman–Crippen MR) is 109 cm³/mol. The van der Waals surface area contributed by atoms with Gasteiger partial charge in [-0.1, -0.05) is 60.1 Å². The van der Waals surface area contributed by atoms with E-state index in [0.717, 1.165) is 5.56 Å². The first-order valence-electron chi connectivity index (χ1n) is 8.55. The molecule has 0 aliphatic heterocycles. The van der Waals surface area contributed by atoms with E-state index < -0.39 is 6.09 Å². The predicted octanol–water partition coefficient (Wildman–Crippen LogP) is 5.11. The van der Waals surface area contributed by atoms with Gasteiger partial charge in [0, 0.05) is 10.6 Å². The molecule has 5 nitrogen and oxygen atoms in total. The van der Waals surface area contributed by atoms with Gasteiger partial charge in [0.15, 0.2) is 5.78 Å². The summed E-state index contributed by atoms with van der Waals surface area (Å²) in [6.45, 7) is 0. The Labute approximate surface area is 167 Å². The molecule has 0 aromatic heterocycles. The Kier molecular flexibility index (Phi) is 6.54. The summed E-state index contributed by atoms with van der Waals surface area (Å²) < 4.78 is 5.15. The van der Waals surface area contributed by atoms with Crippen LogP contribution in [0.2, 0.25) is 5.02 Å². The van der Waals surface area contributed by atoms with Crippen LogP contribution in [0.3, 0.4) is 0 Å². The number of nitrogens with one attached hydrogen (secondary N) is 1. The molecule has 0 saturated heterocycles. The highest BCUT2D eigenvalue weighted by molar-refractivity contribution is 6.30. The number of halogens is 1. The molecule has 0 unspecified atom stereocenters. The van der Waals surface area contributed by atoms with Crippen LogP contribution in [0.15, 0.2) is 90.0 Å². The fourth-order valence-corrected chi connectivity index (χ4v) is 2.58. The second kappa shape index (κ2) is 9.48. The van der Waals surface area contributed by atoms with Crippen molar-refractivity contribution in [3.63, 3.8) is 0 Å². The number of para-hydroxylation sites is 1. The van der Waals surface area contributed by atoms with E-state index in [1.54, 1.807) is 48.5 Å². The second-order valence-electron chi connectivity index (χ2n) is 5.85. The fourth-order valence-electron chi connectivity index (χ4n) is 2.46. The first-order valence-corrected chi connectivity index (χ1v) is 8.93. The summed E-state index contributed by atoms with van der Waals surface area (Å²) in [5, 5.41) is 4.67. The summed E-state index contributed by atoms with van der Waals surface area (Å²) in [6.07, 6.45) is -0.726. The number of amides is 1. The van der Waals surface area contributed by atoms with Gasteiger partial charge in [0.2, 0.25) is 0 Å². The van der Waals surface area contributed by atoms with Crippen molar-refractivity contribution in [2.24, 2.45) is 5.10 Å². The summed E-state index contributed by atoms with van der Waals surface area (Å²) in [5.41, 5.74) is 4.01. The number of rotatable bonds is 6. The molecule has 6 heteroatoms. The highest BCUT2D eigenvalue weighted by atomic mass is 35.5. The molecule has 0 radical (unpaired) electrons. The monoisotopic (exact) mass is 392 g/mol. The number of hydrogen-bond donors (Lipinski definition) is 1. The average molecular weight is 393 g/mol. The van der Waals surface area contributed by atoms with Crippen LogP contribution < -0.4 is 10.2 Å². The van der Waals surface area contributed by atoms with Crippen molar-refractivity contribution in [2.75, 3.05) is 0 Å². The van der Waals surface area contributed by atoms with Crippen LogP contribution in [-0.2, 0) is 0 Å². The third-order valence-electron chi connectivity index (χ3n) is 3.84. The molecule has 0 saturated carbocycles. The maximum absolute atomic E-state index is 12.6. The number of ketones is 1. The number of carbonyl (C=O) groups excluding carboxylic acids is 2. The SMILES string of the molecule is O=C(N/N=C(\CC(=O)c1ccc(Cl)cc1)c1ccccc1)Oc1ccccc1. The number of hydrazone groups is 1. The van der Waals surface area contributed by atoms with E-state index >= 15 is 0 Å². The first kappa shape index (κ1) is 19.3. The lowest BCUT2D eigenvalue weighted by Crippen LogP contribution is -2.24. The van der Waals surface area contributed by atoms with E-state index in [0.29, 0.717) is 22.0 Å². The molecule has 0 atom stereocenters. The zero-order valence-electron chi connectivity index (χ0n) is 14.8. The molecular weight excluding hydrogens is 376 g/mol. The highest BCUT2D eigenvalue weighted by Crippen LogP contribution is 2.14. The van der Waals surface area contributed by atoms with Crippen molar-refractivity contribution in [2.45, 2.75) is 6.42 Å². The van der Waals surface area contributed by atoms with Gasteiger partial charge in [0.25, 0.3) is 0 Å². The molecule has 0 aliphatic rings. The molecule has 1 N–H and O–H groups in total. The van der Waals surface area contributed by atoms with E-state index in [1.165, 1.54) is 0 Å². The van der Waals surface area contributed by atoms with Crippen molar-refractivity contribution in [3.8, 4) is 5.75 Å². The minimum atomic E-state index is -0.737. The van der Waals surface area contributed by atoms with Gasteiger partial charge >= 0.3 is 6.09 Å². The van der Waals surface area contributed by atoms with Gasteiger partial charge in [-0.15, -0.1) is 0 Å². The quantitative estimate of drug-likeness (QED) is 0.360. The first-order chi connectivity index (χ1) is 13.6. The molecule has 0 fully saturated rings. The van der Waals surface area contributed by atoms with E-state index in [2.05, 4.69) is 10.5 Å². The Morgan fingerprint density at radius 3 is 2.07 bits per heavy atom. The van der Waals surface area contributed by atoms with Crippen molar-refractivity contribution >= 4 is 29.2 Å². The number of Topliss-reactive ketones (excluding diaryl/α,β-unsaturated/α-hetero) is 1. The number of benzene rings is 3. The van der Waals surface area contributed by atoms with Crippen molar-refractivity contribution in [1.82, 2.24) is 5.43 Å². The smallest absolute Gasteiger partial charge is 0.409 e. The van der Waals surface area contributed by atoms with Gasteiger partial charge in [-0.2, -0.15) is 5.10 Å². The molecule has 28 heavy (non-hydrogen) atoms. The maximum atomic E-state index is 12.6. The Balaban J connectivity index is 1.75. The minimum absolute atomic E-state index is 0.0112. The molecular formula is C22H17ClN2O3. The van der Waals surface area contributed by atoms with Crippen molar-refractivity contribution < 1.29 is 14.3 Å². The summed E-state index contributed by atoms with van der Waals surface area (Å²) >= 11 is 5.87. The summed E-state index contributed by atoms with van der Waals surface area (Å²) in [7, 11) is 0. The van der Waals surface area contributed by atoms with Crippen LogP contribution in [0.5, 0.6) is 5.75 Å². The minimum Gasteiger partial charge on any atom is -0.409 e. The topological polar surface area (TPSA) is 67.8 Å². The Hall–Kier alpha value is -3.44. The molecule has 0 aliphatic carbocycles. The molecule has 0 bridgehead atoms. The van der Waals surface area contributed by atoms with Gasteiger partial charge in [-0.25, -0.2) is 10.2 Å². The zero-order valence-corrected chi connectivity index (χ0v) is 15.6. The third kappa shape index (κ3) is 5.53. The van der Waals surface area contributed by atoms with Crippen LogP contribution in [0.4, 0.5) is 4.79 Å².